The lowest BCUT2D eigenvalue weighted by Crippen LogP contribution is -2.54. The molecule has 44 nitrogen and oxygen atoms in total. The van der Waals surface area contributed by atoms with Crippen molar-refractivity contribution < 1.29 is 157 Å². The van der Waals surface area contributed by atoms with Crippen molar-refractivity contribution in [3.63, 3.8) is 0 Å². The molecule has 10 N–H and O–H groups in total. The van der Waals surface area contributed by atoms with Crippen LogP contribution in [0, 0.1) is 17.5 Å². The van der Waals surface area contributed by atoms with Crippen LogP contribution in [-0.2, 0) is 76.4 Å². The number of hydrogen-bond donors (Lipinski definition) is 9. The van der Waals surface area contributed by atoms with Gasteiger partial charge in [0, 0.05) is 136 Å². The molecule has 5 aromatic rings. The molecular formula is C93H115Cl2F3N14O30. The first-order valence-corrected chi connectivity index (χ1v) is 42.7. The predicted octanol–water partition coefficient (Wildman–Crippen LogP) is 6.22. The highest BCUT2D eigenvalue weighted by Gasteiger charge is 2.49. The second-order valence-corrected chi connectivity index (χ2v) is 33.1. The van der Waals surface area contributed by atoms with Crippen LogP contribution in [0.5, 0.6) is 0 Å². The normalized spacial score (nSPS) is 18.4. The van der Waals surface area contributed by atoms with Crippen molar-refractivity contribution in [3.05, 3.63) is 164 Å². The first kappa shape index (κ1) is 121. The van der Waals surface area contributed by atoms with Gasteiger partial charge in [0.1, 0.15) is 46.8 Å². The second-order valence-electron chi connectivity index (χ2n) is 33.1. The van der Waals surface area contributed by atoms with Crippen molar-refractivity contribution in [1.29, 1.82) is 0 Å². The predicted molar refractivity (Wildman–Crippen MR) is 501 cm³/mol. The van der Waals surface area contributed by atoms with Crippen molar-refractivity contribution in [1.82, 2.24) is 56.4 Å². The van der Waals surface area contributed by atoms with Gasteiger partial charge in [-0.25, -0.2) is 41.9 Å². The highest BCUT2D eigenvalue weighted by molar-refractivity contribution is 6.26. The Labute approximate surface area is 825 Å². The maximum Gasteiger partial charge on any atom is 0.410 e. The zero-order chi connectivity index (χ0) is 102. The molecule has 49 heteroatoms. The van der Waals surface area contributed by atoms with Crippen molar-refractivity contribution in [3.8, 4) is 0 Å². The Kier molecular flexibility index (Phi) is 46.2. The van der Waals surface area contributed by atoms with Crippen LogP contribution in [0.15, 0.2) is 91.0 Å². The summed E-state index contributed by atoms with van der Waals surface area (Å²) in [5.41, 5.74) is 6.28. The molecule has 11 aliphatic rings. The topological polar surface area (TPSA) is 600 Å². The third kappa shape index (κ3) is 33.2. The number of carboxylic acids is 2. The molecule has 16 amide bonds. The molecule has 0 saturated carbocycles. The summed E-state index contributed by atoms with van der Waals surface area (Å²) in [7, 11) is 0. The Hall–Kier alpha value is -14.8. The van der Waals surface area contributed by atoms with E-state index >= 15 is 0 Å². The maximum absolute atomic E-state index is 13.2. The summed E-state index contributed by atoms with van der Waals surface area (Å²) in [6.45, 7) is 25.8. The molecule has 0 aromatic heterocycles. The van der Waals surface area contributed by atoms with Crippen LogP contribution in [-0.4, -0.2) is 292 Å². The minimum Gasteiger partial charge on any atom is -0.478 e. The number of halogens is 5. The number of fused-ring (bicyclic) bond motifs is 4. The Morgan fingerprint density at radius 2 is 0.711 bits per heavy atom. The lowest BCUT2D eigenvalue weighted by atomic mass is 10.0. The summed E-state index contributed by atoms with van der Waals surface area (Å²) < 4.78 is 61.5. The third-order valence-corrected chi connectivity index (χ3v) is 20.8. The molecule has 0 radical (unpaired) electrons. The van der Waals surface area contributed by atoms with Gasteiger partial charge in [0.15, 0.2) is 0 Å². The molecule has 11 heterocycles. The summed E-state index contributed by atoms with van der Waals surface area (Å²) in [6, 6.07) is 15.9. The second kappa shape index (κ2) is 54.1. The number of benzene rings is 5. The van der Waals surface area contributed by atoms with Crippen LogP contribution >= 0.6 is 24.8 Å². The van der Waals surface area contributed by atoms with E-state index in [4.69, 9.17) is 25.4 Å². The molecular weight excluding hydrogens is 1920 g/mol. The number of imide groups is 7. The maximum atomic E-state index is 13.2. The summed E-state index contributed by atoms with van der Waals surface area (Å²) in [5, 5.41) is 32.1. The van der Waals surface area contributed by atoms with E-state index < -0.39 is 159 Å². The molecule has 5 aromatic carbocycles. The Morgan fingerprint density at radius 3 is 1.05 bits per heavy atom. The van der Waals surface area contributed by atoms with E-state index in [2.05, 4.69) is 51.0 Å². The van der Waals surface area contributed by atoms with E-state index in [1.807, 2.05) is 52.5 Å². The van der Waals surface area contributed by atoms with Crippen molar-refractivity contribution >= 4 is 173 Å². The van der Waals surface area contributed by atoms with E-state index in [0.717, 1.165) is 115 Å². The number of carbonyl (C=O) groups excluding carboxylic acids is 21. The first-order chi connectivity index (χ1) is 64.4. The molecule has 4 atom stereocenters. The minimum atomic E-state index is -1.46. The first-order valence-electron chi connectivity index (χ1n) is 42.7. The number of aromatic carboxylic acids is 2. The molecule has 16 rings (SSSR count). The number of cyclic esters (lactones) is 2. The van der Waals surface area contributed by atoms with Gasteiger partial charge in [-0.3, -0.25) is 117 Å². The summed E-state index contributed by atoms with van der Waals surface area (Å²) >= 11 is 0. The van der Waals surface area contributed by atoms with Gasteiger partial charge in [0.25, 0.3) is 35.4 Å². The van der Waals surface area contributed by atoms with Crippen molar-refractivity contribution in [2.45, 2.75) is 178 Å². The van der Waals surface area contributed by atoms with Crippen LogP contribution in [0.3, 0.4) is 0 Å². The average molecular weight is 2040 g/mol. The number of piperidine rings is 4. The third-order valence-electron chi connectivity index (χ3n) is 20.8. The highest BCUT2D eigenvalue weighted by atomic mass is 35.5. The lowest BCUT2D eigenvalue weighted by molar-refractivity contribution is -0.156. The van der Waals surface area contributed by atoms with Crippen LogP contribution in [0.25, 0.3) is 0 Å². The monoisotopic (exact) mass is 2030 g/mol. The number of carboxylic acid groups (broad SMARTS) is 2. The number of piperazine rings is 3. The molecule has 0 aliphatic carbocycles. The van der Waals surface area contributed by atoms with Gasteiger partial charge in [0.05, 0.1) is 68.3 Å². The fourth-order valence-corrected chi connectivity index (χ4v) is 14.4. The van der Waals surface area contributed by atoms with Crippen molar-refractivity contribution in [2.75, 3.05) is 94.9 Å². The number of anilines is 2. The molecule has 772 valence electrons. The van der Waals surface area contributed by atoms with Gasteiger partial charge in [-0.15, -0.1) is 24.8 Å². The molecule has 142 heavy (non-hydrogen) atoms. The summed E-state index contributed by atoms with van der Waals surface area (Å²) in [5.74, 6) is -14.7. The average Bonchev–Trinajstić information content (AvgIpc) is 1.60. The number of nitrogens with two attached hydrogens (primary N) is 1. The van der Waals surface area contributed by atoms with E-state index in [1.54, 1.807) is 47.1 Å². The molecule has 4 unspecified atom stereocenters. The zero-order valence-electron chi connectivity index (χ0n) is 76.8. The van der Waals surface area contributed by atoms with Gasteiger partial charge < -0.3 is 69.9 Å². The fourth-order valence-electron chi connectivity index (χ4n) is 14.4. The van der Waals surface area contributed by atoms with Gasteiger partial charge >= 0.3 is 54.0 Å². The number of amides is 16. The van der Waals surface area contributed by atoms with Crippen molar-refractivity contribution in [2.24, 2.45) is 5.73 Å². The molecule has 0 spiro atoms. The Bertz CT molecular complexity index is 5660. The van der Waals surface area contributed by atoms with Gasteiger partial charge in [-0.1, -0.05) is 22.3 Å². The SMILES string of the molecule is C.C.C.CC(=O)OC(C)=O.CC(C)(C)OC(=O)N1CCN(c2ccc3c(c2)C(=O)N(C2CCC(=O)NC2=O)C3=O)CC1.CC(C)(C)OC(=O)N1CCNCC1.CCOC(C)=O.Cl.Cl.NC1CCC(=O)NC1=O.O=C(O)c1ccc(F)cc1C(=O)O.O=C1CCC(N2C(=O)c3ccc(F)cc3C2=O)C(=O)N1.O=C1CCC(N2C(=O)c3ccc(N4CCNCC4)cc3C2=O)C(=O)N1.O=C1OC(=O)c2cc(F)ccc21. The van der Waals surface area contributed by atoms with E-state index in [9.17, 15) is 123 Å². The Morgan fingerprint density at radius 1 is 0.394 bits per heavy atom. The number of carbonyl (C=O) groups is 23. The number of esters is 5. The Balaban J connectivity index is 0.000000428. The van der Waals surface area contributed by atoms with Crippen LogP contribution < -0.4 is 47.4 Å². The van der Waals surface area contributed by atoms with E-state index in [1.165, 1.54) is 32.9 Å². The molecule has 11 aliphatic heterocycles. The number of nitrogens with zero attached hydrogens (tertiary/aromatic N) is 7. The highest BCUT2D eigenvalue weighted by Crippen LogP contribution is 2.35. The number of ether oxygens (including phenoxy) is 5. The largest absolute Gasteiger partial charge is 0.478 e. The lowest BCUT2D eigenvalue weighted by Gasteiger charge is -2.36. The minimum absolute atomic E-state index is 0. The van der Waals surface area contributed by atoms with Crippen LogP contribution in [0.4, 0.5) is 34.1 Å². The fraction of sp³-hybridized carbons (Fsp3) is 0.430. The quantitative estimate of drug-likeness (QED) is 0.0360. The van der Waals surface area contributed by atoms with Crippen LogP contribution in [0.1, 0.15) is 246 Å². The van der Waals surface area contributed by atoms with Gasteiger partial charge in [0.2, 0.25) is 47.3 Å². The molecule has 0 bridgehead atoms. The number of nitrogens with one attached hydrogen (secondary N) is 6. The zero-order valence-corrected chi connectivity index (χ0v) is 78.4. The molecule has 7 saturated heterocycles. The summed E-state index contributed by atoms with van der Waals surface area (Å²) in [6.07, 6.45) is 0.915. The molecule has 7 fully saturated rings. The number of rotatable bonds is 8. The van der Waals surface area contributed by atoms with Gasteiger partial charge in [-0.05, 0) is 165 Å². The van der Waals surface area contributed by atoms with E-state index in [-0.39, 0.29) is 160 Å². The van der Waals surface area contributed by atoms with Crippen LogP contribution in [0.2, 0.25) is 0 Å². The standard InChI is InChI=1S/C22H26N4O6.C17H18N4O4.C13H9FN2O4.C9H18N2O2.C8H5FO4.C8H3FO3.C5H8N2O2.C4H6O3.C4H8O2.3CH4.2ClH/c1-22(2,3)32-21(31)25-10-8-24(9-11-25)13-4-5-14-15(12-13)20(30)26(19(14)29)16-6-7-17(27)23-18(16)28;22-14-4-3-13(15(23)19-14)21-16(24)11-2-1-10(9-12(11)17(21)25)20-7-5-18-6-8-20;14-6-1-2-7-8(5-6)13(20)16(12(7)19)9-3-4-10(17)15-11(9)18;1-9(2,3)13-8(12)11-6-4-10-5-7-11;9-4-1-2-5(7(10)11)6(3-4)8(12)13;9-4-1-2-5-6(3-4)8(11)12-7(5)10;6-3-1-2-4(8)7-5(3)9;1-3(5)7-4(2)6;1-3-6-4(2)5;;;;;/h4-5,12,16H,6-11H2,1-3H3,(H,23,27,28);1-2,9,13,18H,3-8H2,(H,19,22,23);1-2,5,9H,3-4H2,(H,15,17,18);10H,4-7H2,1-3H3;1-3H,(H,10,11)(H,12,13);1-3H;3H,1-2,6H2,(H,7,8,9);1-2H3;3H2,1-2H3;3*1H4;2*1H. The summed E-state index contributed by atoms with van der Waals surface area (Å²) in [4.78, 5) is 272. The number of hydrogen-bond acceptors (Lipinski definition) is 33. The van der Waals surface area contributed by atoms with E-state index in [0.29, 0.717) is 62.8 Å². The smallest absolute Gasteiger partial charge is 0.410 e. The van der Waals surface area contributed by atoms with Gasteiger partial charge in [-0.2, -0.15) is 0 Å².